The van der Waals surface area contributed by atoms with E-state index in [1.807, 2.05) is 0 Å². The van der Waals surface area contributed by atoms with Crippen LogP contribution in [0.5, 0.6) is 0 Å². The van der Waals surface area contributed by atoms with Crippen molar-refractivity contribution in [2.45, 2.75) is 45.8 Å². The largest absolute Gasteiger partial charge is 0.426 e. The zero-order valence-corrected chi connectivity index (χ0v) is 12.2. The maximum absolute atomic E-state index is 11.7. The van der Waals surface area contributed by atoms with Gasteiger partial charge < -0.3 is 9.47 Å². The van der Waals surface area contributed by atoms with E-state index in [1.54, 1.807) is 13.2 Å². The second-order valence-corrected chi connectivity index (χ2v) is 6.68. The highest BCUT2D eigenvalue weighted by Gasteiger charge is 2.58. The highest BCUT2D eigenvalue weighted by atomic mass is 16.7. The lowest BCUT2D eigenvalue weighted by Crippen LogP contribution is -2.51. The summed E-state index contributed by atoms with van der Waals surface area (Å²) in [6.45, 7) is 6.63. The molecule has 0 aromatic heterocycles. The first-order valence-corrected chi connectivity index (χ1v) is 7.07. The van der Waals surface area contributed by atoms with Gasteiger partial charge in [0.25, 0.3) is 0 Å². The van der Waals surface area contributed by atoms with Gasteiger partial charge in [0.2, 0.25) is 5.79 Å². The third-order valence-corrected chi connectivity index (χ3v) is 5.26. The van der Waals surface area contributed by atoms with Crippen LogP contribution in [0.3, 0.4) is 0 Å². The SMILES string of the molecule is COC12CC3C=C(C)CCC3C(C)(C)C1=CC(=O)O2. The Hall–Kier alpha value is -1.09. The Balaban J connectivity index is 2.08. The van der Waals surface area contributed by atoms with Gasteiger partial charge in [0.15, 0.2) is 0 Å². The van der Waals surface area contributed by atoms with Crippen molar-refractivity contribution in [3.63, 3.8) is 0 Å². The summed E-state index contributed by atoms with van der Waals surface area (Å²) in [6.07, 6.45) is 7.12. The average Bonchev–Trinajstić information content (AvgIpc) is 2.67. The number of allylic oxidation sites excluding steroid dienone is 2. The minimum absolute atomic E-state index is 0.0533. The molecular formula is C16H22O3. The summed E-state index contributed by atoms with van der Waals surface area (Å²) >= 11 is 0. The average molecular weight is 262 g/mol. The van der Waals surface area contributed by atoms with E-state index in [-0.39, 0.29) is 11.4 Å². The second kappa shape index (κ2) is 3.95. The molecule has 3 heteroatoms. The van der Waals surface area contributed by atoms with E-state index in [0.717, 1.165) is 18.4 Å². The molecule has 2 aliphatic carbocycles. The second-order valence-electron chi connectivity index (χ2n) is 6.68. The molecule has 0 radical (unpaired) electrons. The van der Waals surface area contributed by atoms with E-state index < -0.39 is 5.79 Å². The zero-order valence-electron chi connectivity index (χ0n) is 12.2. The monoisotopic (exact) mass is 262 g/mol. The third kappa shape index (κ3) is 1.71. The van der Waals surface area contributed by atoms with Crippen LogP contribution >= 0.6 is 0 Å². The fraction of sp³-hybridized carbons (Fsp3) is 0.688. The minimum atomic E-state index is -0.824. The van der Waals surface area contributed by atoms with Crippen molar-refractivity contribution >= 4 is 5.97 Å². The van der Waals surface area contributed by atoms with Crippen LogP contribution in [0.4, 0.5) is 0 Å². The number of rotatable bonds is 1. The number of ether oxygens (including phenoxy) is 2. The number of hydrogen-bond acceptors (Lipinski definition) is 3. The molecular weight excluding hydrogens is 240 g/mol. The molecule has 0 spiro atoms. The van der Waals surface area contributed by atoms with Crippen LogP contribution in [-0.4, -0.2) is 18.9 Å². The van der Waals surface area contributed by atoms with Gasteiger partial charge in [-0.25, -0.2) is 4.79 Å². The number of carbonyl (C=O) groups is 1. The molecule has 0 bridgehead atoms. The summed E-state index contributed by atoms with van der Waals surface area (Å²) in [6, 6.07) is 0. The van der Waals surface area contributed by atoms with Crippen LogP contribution in [0.15, 0.2) is 23.3 Å². The molecule has 3 aliphatic rings. The maximum atomic E-state index is 11.7. The van der Waals surface area contributed by atoms with E-state index in [2.05, 4.69) is 26.8 Å². The standard InChI is InChI=1S/C16H22O3/c1-10-5-6-12-11(7-10)9-16(18-4)13(15(12,2)3)8-14(17)19-16/h7-8,11-12H,5-6,9H2,1-4H3. The Morgan fingerprint density at radius 1 is 1.42 bits per heavy atom. The number of carbonyl (C=O) groups excluding carboxylic acids is 1. The molecule has 3 rings (SSSR count). The number of hydrogen-bond donors (Lipinski definition) is 0. The van der Waals surface area contributed by atoms with Crippen LogP contribution in [0, 0.1) is 17.3 Å². The summed E-state index contributed by atoms with van der Waals surface area (Å²) in [7, 11) is 1.64. The van der Waals surface area contributed by atoms with Crippen LogP contribution in [0.2, 0.25) is 0 Å². The molecule has 0 amide bonds. The van der Waals surface area contributed by atoms with E-state index >= 15 is 0 Å². The molecule has 3 nitrogen and oxygen atoms in total. The van der Waals surface area contributed by atoms with Gasteiger partial charge in [-0.1, -0.05) is 25.5 Å². The smallest absolute Gasteiger partial charge is 0.333 e. The highest BCUT2D eigenvalue weighted by molar-refractivity contribution is 5.87. The van der Waals surface area contributed by atoms with Crippen LogP contribution in [0.25, 0.3) is 0 Å². The van der Waals surface area contributed by atoms with Crippen LogP contribution in [0.1, 0.15) is 40.0 Å². The summed E-state index contributed by atoms with van der Waals surface area (Å²) in [4.78, 5) is 11.7. The topological polar surface area (TPSA) is 35.5 Å². The van der Waals surface area contributed by atoms with E-state index in [1.165, 1.54) is 12.0 Å². The van der Waals surface area contributed by atoms with Gasteiger partial charge in [-0.15, -0.1) is 0 Å². The number of esters is 1. The summed E-state index contributed by atoms with van der Waals surface area (Å²) in [5.41, 5.74) is 2.42. The lowest BCUT2D eigenvalue weighted by Gasteiger charge is -2.52. The Kier molecular flexibility index (Phi) is 2.69. The first kappa shape index (κ1) is 12.9. The van der Waals surface area contributed by atoms with Gasteiger partial charge in [0.1, 0.15) is 0 Å². The van der Waals surface area contributed by atoms with Gasteiger partial charge in [-0.2, -0.15) is 0 Å². The molecule has 1 heterocycles. The molecule has 0 N–H and O–H groups in total. The van der Waals surface area contributed by atoms with Crippen molar-refractivity contribution in [3.05, 3.63) is 23.3 Å². The molecule has 1 aliphatic heterocycles. The summed E-state index contributed by atoms with van der Waals surface area (Å²) in [5, 5.41) is 0. The fourth-order valence-electron chi connectivity index (χ4n) is 4.31. The lowest BCUT2D eigenvalue weighted by atomic mass is 9.56. The van der Waals surface area contributed by atoms with Gasteiger partial charge in [-0.05, 0) is 37.0 Å². The van der Waals surface area contributed by atoms with E-state index in [0.29, 0.717) is 11.8 Å². The Morgan fingerprint density at radius 2 is 2.16 bits per heavy atom. The maximum Gasteiger partial charge on any atom is 0.333 e. The van der Waals surface area contributed by atoms with Crippen molar-refractivity contribution in [2.75, 3.05) is 7.11 Å². The molecule has 19 heavy (non-hydrogen) atoms. The predicted octanol–water partition coefficient (Wildman–Crippen LogP) is 3.21. The zero-order chi connectivity index (χ0) is 13.8. The predicted molar refractivity (Wildman–Crippen MR) is 72.3 cm³/mol. The molecule has 104 valence electrons. The van der Waals surface area contributed by atoms with Crippen molar-refractivity contribution in [3.8, 4) is 0 Å². The third-order valence-electron chi connectivity index (χ3n) is 5.26. The summed E-state index contributed by atoms with van der Waals surface area (Å²) < 4.78 is 11.2. The van der Waals surface area contributed by atoms with Crippen LogP contribution in [-0.2, 0) is 14.3 Å². The first-order valence-electron chi connectivity index (χ1n) is 7.07. The van der Waals surface area contributed by atoms with Crippen molar-refractivity contribution < 1.29 is 14.3 Å². The molecule has 0 saturated heterocycles. The highest BCUT2D eigenvalue weighted by Crippen LogP contribution is 2.58. The Bertz CT molecular complexity index is 486. The minimum Gasteiger partial charge on any atom is -0.426 e. The molecule has 0 aromatic carbocycles. The molecule has 0 aromatic rings. The normalized spacial score (nSPS) is 39.9. The quantitative estimate of drug-likeness (QED) is 0.537. The fourth-order valence-corrected chi connectivity index (χ4v) is 4.31. The van der Waals surface area contributed by atoms with E-state index in [9.17, 15) is 4.79 Å². The Morgan fingerprint density at radius 3 is 2.84 bits per heavy atom. The lowest BCUT2D eigenvalue weighted by molar-refractivity contribution is -0.214. The number of methoxy groups -OCH3 is 1. The van der Waals surface area contributed by atoms with Gasteiger partial charge >= 0.3 is 5.97 Å². The molecule has 3 unspecified atom stereocenters. The van der Waals surface area contributed by atoms with Gasteiger partial charge in [0, 0.05) is 25.2 Å². The van der Waals surface area contributed by atoms with Crippen LogP contribution < -0.4 is 0 Å². The van der Waals surface area contributed by atoms with Crippen molar-refractivity contribution in [1.82, 2.24) is 0 Å². The molecule has 3 atom stereocenters. The molecule has 1 saturated carbocycles. The number of fused-ring (bicyclic) bond motifs is 2. The van der Waals surface area contributed by atoms with Gasteiger partial charge in [0.05, 0.1) is 0 Å². The molecule has 1 fully saturated rings. The first-order chi connectivity index (χ1) is 8.89. The van der Waals surface area contributed by atoms with E-state index in [4.69, 9.17) is 9.47 Å². The van der Waals surface area contributed by atoms with Gasteiger partial charge in [-0.3, -0.25) is 0 Å². The van der Waals surface area contributed by atoms with Crippen molar-refractivity contribution in [1.29, 1.82) is 0 Å². The van der Waals surface area contributed by atoms with Crippen molar-refractivity contribution in [2.24, 2.45) is 17.3 Å². The summed E-state index contributed by atoms with van der Waals surface area (Å²) in [5.74, 6) is -0.0770. The Labute approximate surface area is 114 Å².